The van der Waals surface area contributed by atoms with Crippen molar-refractivity contribution in [3.8, 4) is 11.8 Å². The Morgan fingerprint density at radius 2 is 1.67 bits per heavy atom. The summed E-state index contributed by atoms with van der Waals surface area (Å²) in [6, 6.07) is 7.21. The van der Waals surface area contributed by atoms with E-state index in [1.165, 1.54) is 12.4 Å². The Balaban J connectivity index is 2.00. The number of anilines is 1. The fourth-order valence-corrected chi connectivity index (χ4v) is 1.66. The van der Waals surface area contributed by atoms with Crippen molar-refractivity contribution < 1.29 is 14.3 Å². The molecule has 0 radical (unpaired) electrons. The van der Waals surface area contributed by atoms with Crippen molar-refractivity contribution in [3.05, 3.63) is 42.2 Å². The van der Waals surface area contributed by atoms with Crippen LogP contribution >= 0.6 is 0 Å². The Bertz CT molecular complexity index is 582. The molecule has 1 N–H and O–H groups in total. The lowest BCUT2D eigenvalue weighted by Crippen LogP contribution is -2.12. The van der Waals surface area contributed by atoms with E-state index < -0.39 is 0 Å². The highest BCUT2D eigenvalue weighted by Crippen LogP contribution is 2.14. The first-order valence-corrected chi connectivity index (χ1v) is 6.72. The van der Waals surface area contributed by atoms with Crippen molar-refractivity contribution in [3.63, 3.8) is 0 Å². The molecule has 0 saturated carbocycles. The number of hydrogen-bond donors (Lipinski definition) is 1. The van der Waals surface area contributed by atoms with Crippen LogP contribution in [0.3, 0.4) is 0 Å². The molecule has 1 aromatic heterocycles. The van der Waals surface area contributed by atoms with Crippen molar-refractivity contribution in [1.82, 2.24) is 9.97 Å². The van der Waals surface area contributed by atoms with E-state index in [0.717, 1.165) is 5.75 Å². The fraction of sp³-hybridized carbons (Fsp3) is 0.267. The highest BCUT2D eigenvalue weighted by Gasteiger charge is 2.07. The van der Waals surface area contributed by atoms with E-state index in [1.54, 1.807) is 24.3 Å². The Labute approximate surface area is 123 Å². The average molecular weight is 287 g/mol. The zero-order valence-corrected chi connectivity index (χ0v) is 12.0. The lowest BCUT2D eigenvalue weighted by Gasteiger charge is -2.07. The van der Waals surface area contributed by atoms with Crippen molar-refractivity contribution in [2.45, 2.75) is 13.8 Å². The third kappa shape index (κ3) is 4.17. The van der Waals surface area contributed by atoms with Gasteiger partial charge in [-0.25, -0.2) is 9.97 Å². The third-order valence-electron chi connectivity index (χ3n) is 2.59. The van der Waals surface area contributed by atoms with Crippen LogP contribution in [0.4, 0.5) is 5.69 Å². The van der Waals surface area contributed by atoms with Crippen molar-refractivity contribution in [1.29, 1.82) is 0 Å². The molecule has 21 heavy (non-hydrogen) atoms. The summed E-state index contributed by atoms with van der Waals surface area (Å²) in [5, 5.41) is 2.72. The topological polar surface area (TPSA) is 73.3 Å². The number of nitrogens with zero attached hydrogens (tertiary/aromatic N) is 2. The van der Waals surface area contributed by atoms with Crippen LogP contribution in [0, 0.1) is 0 Å². The first kappa shape index (κ1) is 14.8. The lowest BCUT2D eigenvalue weighted by atomic mass is 10.2. The first-order chi connectivity index (χ1) is 10.2. The molecule has 0 aliphatic carbocycles. The van der Waals surface area contributed by atoms with Gasteiger partial charge in [-0.3, -0.25) is 4.79 Å². The zero-order chi connectivity index (χ0) is 15.1. The van der Waals surface area contributed by atoms with Gasteiger partial charge in [0, 0.05) is 5.56 Å². The number of nitrogens with one attached hydrogen (secondary N) is 1. The molecule has 1 heterocycles. The molecule has 2 rings (SSSR count). The van der Waals surface area contributed by atoms with Crippen LogP contribution in [-0.4, -0.2) is 29.1 Å². The maximum Gasteiger partial charge on any atom is 0.316 e. The summed E-state index contributed by atoms with van der Waals surface area (Å²) >= 11 is 0. The summed E-state index contributed by atoms with van der Waals surface area (Å²) < 4.78 is 10.5. The largest absolute Gasteiger partial charge is 0.494 e. The van der Waals surface area contributed by atoms with Gasteiger partial charge < -0.3 is 14.8 Å². The number of rotatable bonds is 6. The van der Waals surface area contributed by atoms with Gasteiger partial charge in [-0.15, -0.1) is 0 Å². The van der Waals surface area contributed by atoms with Crippen LogP contribution < -0.4 is 14.8 Å². The molecule has 0 unspecified atom stereocenters. The minimum absolute atomic E-state index is 0.231. The van der Waals surface area contributed by atoms with E-state index >= 15 is 0 Å². The molecule has 0 bridgehead atoms. The second-order valence-electron chi connectivity index (χ2n) is 4.10. The highest BCUT2D eigenvalue weighted by molar-refractivity contribution is 6.04. The summed E-state index contributed by atoms with van der Waals surface area (Å²) in [5.41, 5.74) is 1.05. The predicted molar refractivity (Wildman–Crippen MR) is 78.8 cm³/mol. The van der Waals surface area contributed by atoms with E-state index in [4.69, 9.17) is 9.47 Å². The van der Waals surface area contributed by atoms with E-state index in [-0.39, 0.29) is 11.9 Å². The summed E-state index contributed by atoms with van der Waals surface area (Å²) in [6.45, 7) is 4.85. The Morgan fingerprint density at radius 3 is 2.24 bits per heavy atom. The van der Waals surface area contributed by atoms with E-state index in [9.17, 15) is 4.79 Å². The van der Waals surface area contributed by atoms with Crippen LogP contribution in [0.15, 0.2) is 36.7 Å². The van der Waals surface area contributed by atoms with Crippen LogP contribution in [-0.2, 0) is 0 Å². The predicted octanol–water partition coefficient (Wildman–Crippen LogP) is 2.53. The standard InChI is InChI=1S/C15H17N3O3/c1-3-20-13-7-5-11(6-8-13)14(19)18-12-9-16-15(17-10-12)21-4-2/h5-10H,3-4H2,1-2H3,(H,18,19). The van der Waals surface area contributed by atoms with E-state index in [2.05, 4.69) is 15.3 Å². The minimum Gasteiger partial charge on any atom is -0.494 e. The van der Waals surface area contributed by atoms with Gasteiger partial charge in [0.15, 0.2) is 0 Å². The molecule has 0 spiro atoms. The SMILES string of the molecule is CCOc1ccc(C(=O)Nc2cnc(OCC)nc2)cc1. The second-order valence-corrected chi connectivity index (χ2v) is 4.10. The molecule has 6 nitrogen and oxygen atoms in total. The second kappa shape index (κ2) is 7.23. The summed E-state index contributed by atoms with van der Waals surface area (Å²) in [5.74, 6) is 0.504. The average Bonchev–Trinajstić information content (AvgIpc) is 2.50. The van der Waals surface area contributed by atoms with E-state index in [0.29, 0.717) is 24.5 Å². The molecular formula is C15H17N3O3. The van der Waals surface area contributed by atoms with Crippen LogP contribution in [0.25, 0.3) is 0 Å². The molecule has 6 heteroatoms. The van der Waals surface area contributed by atoms with Crippen LogP contribution in [0.1, 0.15) is 24.2 Å². The number of carbonyl (C=O) groups is 1. The molecular weight excluding hydrogens is 270 g/mol. The Hall–Kier alpha value is -2.63. The fourth-order valence-electron chi connectivity index (χ4n) is 1.66. The number of carbonyl (C=O) groups excluding carboxylic acids is 1. The number of amides is 1. The monoisotopic (exact) mass is 287 g/mol. The summed E-state index contributed by atoms with van der Waals surface area (Å²) in [4.78, 5) is 20.0. The van der Waals surface area contributed by atoms with Gasteiger partial charge in [0.1, 0.15) is 5.75 Å². The molecule has 0 aliphatic heterocycles. The van der Waals surface area contributed by atoms with Gasteiger partial charge in [-0.2, -0.15) is 0 Å². The zero-order valence-electron chi connectivity index (χ0n) is 12.0. The summed E-state index contributed by atoms with van der Waals surface area (Å²) in [7, 11) is 0. The van der Waals surface area contributed by atoms with Gasteiger partial charge >= 0.3 is 6.01 Å². The molecule has 1 aromatic carbocycles. The van der Waals surface area contributed by atoms with Gasteiger partial charge in [-0.05, 0) is 38.1 Å². The van der Waals surface area contributed by atoms with Gasteiger partial charge in [0.05, 0.1) is 31.3 Å². The molecule has 0 aliphatic rings. The number of ether oxygens (including phenoxy) is 2. The van der Waals surface area contributed by atoms with Gasteiger partial charge in [-0.1, -0.05) is 0 Å². The number of aromatic nitrogens is 2. The maximum absolute atomic E-state index is 12.1. The lowest BCUT2D eigenvalue weighted by molar-refractivity contribution is 0.102. The Kier molecular flexibility index (Phi) is 5.09. The van der Waals surface area contributed by atoms with Gasteiger partial charge in [0.2, 0.25) is 0 Å². The highest BCUT2D eigenvalue weighted by atomic mass is 16.5. The van der Waals surface area contributed by atoms with E-state index in [1.807, 2.05) is 13.8 Å². The quantitative estimate of drug-likeness (QED) is 0.883. The first-order valence-electron chi connectivity index (χ1n) is 6.72. The molecule has 1 amide bonds. The minimum atomic E-state index is -0.231. The summed E-state index contributed by atoms with van der Waals surface area (Å²) in [6.07, 6.45) is 3.01. The maximum atomic E-state index is 12.1. The third-order valence-corrected chi connectivity index (χ3v) is 2.59. The molecule has 0 fully saturated rings. The van der Waals surface area contributed by atoms with Gasteiger partial charge in [0.25, 0.3) is 5.91 Å². The number of benzene rings is 1. The van der Waals surface area contributed by atoms with Crippen LogP contribution in [0.2, 0.25) is 0 Å². The van der Waals surface area contributed by atoms with Crippen LogP contribution in [0.5, 0.6) is 11.8 Å². The van der Waals surface area contributed by atoms with Crippen molar-refractivity contribution >= 4 is 11.6 Å². The smallest absolute Gasteiger partial charge is 0.316 e. The van der Waals surface area contributed by atoms with Crippen molar-refractivity contribution in [2.24, 2.45) is 0 Å². The number of hydrogen-bond acceptors (Lipinski definition) is 5. The molecule has 110 valence electrons. The molecule has 0 saturated heterocycles. The Morgan fingerprint density at radius 1 is 1.05 bits per heavy atom. The normalized spacial score (nSPS) is 10.0. The molecule has 0 atom stereocenters. The van der Waals surface area contributed by atoms with Crippen molar-refractivity contribution in [2.75, 3.05) is 18.5 Å². The molecule has 2 aromatic rings.